The van der Waals surface area contributed by atoms with Crippen molar-refractivity contribution in [3.8, 4) is 17.5 Å². The number of carboxylic acids is 1. The zero-order chi connectivity index (χ0) is 17.6. The molecule has 25 heavy (non-hydrogen) atoms. The Morgan fingerprint density at radius 3 is 2.56 bits per heavy atom. The van der Waals surface area contributed by atoms with Gasteiger partial charge in [-0.25, -0.2) is 4.79 Å². The second kappa shape index (κ2) is 7.75. The number of benzene rings is 2. The minimum atomic E-state index is -0.972. The third kappa shape index (κ3) is 3.94. The predicted molar refractivity (Wildman–Crippen MR) is 100 cm³/mol. The zero-order valence-electron chi connectivity index (χ0n) is 13.6. The summed E-state index contributed by atoms with van der Waals surface area (Å²) in [6.07, 6.45) is 3.63. The Morgan fingerprint density at radius 2 is 1.84 bits per heavy atom. The molecule has 4 nitrogen and oxygen atoms in total. The maximum atomic E-state index is 11.6. The molecule has 1 heterocycles. The van der Waals surface area contributed by atoms with Gasteiger partial charge in [-0.1, -0.05) is 24.0 Å². The molecule has 3 aromatic rings. The van der Waals surface area contributed by atoms with Gasteiger partial charge in [0, 0.05) is 28.4 Å². The second-order valence-corrected chi connectivity index (χ2v) is 6.27. The number of rotatable bonds is 4. The number of carbonyl (C=O) groups is 1. The van der Waals surface area contributed by atoms with Crippen molar-refractivity contribution in [3.63, 3.8) is 0 Å². The SMILES string of the molecule is CNSc1cccc(C#Cc2cccc(C(=O)O)c2-n2cccc2)c1. The van der Waals surface area contributed by atoms with Crippen LogP contribution in [-0.2, 0) is 0 Å². The van der Waals surface area contributed by atoms with E-state index < -0.39 is 5.97 Å². The van der Waals surface area contributed by atoms with Gasteiger partial charge in [0.2, 0.25) is 0 Å². The van der Waals surface area contributed by atoms with E-state index >= 15 is 0 Å². The average Bonchev–Trinajstić information content (AvgIpc) is 3.14. The van der Waals surface area contributed by atoms with E-state index in [0.29, 0.717) is 11.3 Å². The lowest BCUT2D eigenvalue weighted by Gasteiger charge is -2.10. The number of nitrogens with zero attached hydrogens (tertiary/aromatic N) is 1. The van der Waals surface area contributed by atoms with Gasteiger partial charge in [0.1, 0.15) is 0 Å². The molecule has 0 saturated carbocycles. The predicted octanol–water partition coefficient (Wildman–Crippen LogP) is 3.80. The van der Waals surface area contributed by atoms with E-state index in [1.165, 1.54) is 11.9 Å². The summed E-state index contributed by atoms with van der Waals surface area (Å²) in [5, 5.41) is 9.50. The van der Waals surface area contributed by atoms with Crippen molar-refractivity contribution in [2.75, 3.05) is 7.05 Å². The summed E-state index contributed by atoms with van der Waals surface area (Å²) in [7, 11) is 1.86. The van der Waals surface area contributed by atoms with E-state index in [2.05, 4.69) is 16.6 Å². The van der Waals surface area contributed by atoms with E-state index in [-0.39, 0.29) is 5.56 Å². The van der Waals surface area contributed by atoms with E-state index in [4.69, 9.17) is 0 Å². The number of aromatic nitrogens is 1. The molecule has 2 aromatic carbocycles. The molecule has 0 aliphatic carbocycles. The normalized spacial score (nSPS) is 10.1. The first-order chi connectivity index (χ1) is 12.2. The number of hydrogen-bond donors (Lipinski definition) is 2. The molecule has 0 spiro atoms. The molecule has 2 N–H and O–H groups in total. The van der Waals surface area contributed by atoms with Gasteiger partial charge in [0.05, 0.1) is 11.3 Å². The lowest BCUT2D eigenvalue weighted by Crippen LogP contribution is -2.06. The van der Waals surface area contributed by atoms with E-state index in [1.807, 2.05) is 61.9 Å². The Labute approximate surface area is 150 Å². The number of hydrogen-bond acceptors (Lipinski definition) is 3. The molecule has 0 fully saturated rings. The van der Waals surface area contributed by atoms with E-state index in [0.717, 1.165) is 10.5 Å². The van der Waals surface area contributed by atoms with Gasteiger partial charge >= 0.3 is 5.97 Å². The number of carboxylic acid groups (broad SMARTS) is 1. The van der Waals surface area contributed by atoms with Crippen LogP contribution in [0.3, 0.4) is 0 Å². The van der Waals surface area contributed by atoms with Crippen molar-refractivity contribution in [2.24, 2.45) is 0 Å². The van der Waals surface area contributed by atoms with E-state index in [9.17, 15) is 9.90 Å². The first-order valence-electron chi connectivity index (χ1n) is 7.64. The minimum Gasteiger partial charge on any atom is -0.478 e. The Hall–Kier alpha value is -2.94. The molecule has 0 aliphatic heterocycles. The van der Waals surface area contributed by atoms with E-state index in [1.54, 1.807) is 16.7 Å². The van der Waals surface area contributed by atoms with Crippen LogP contribution in [0.4, 0.5) is 0 Å². The largest absolute Gasteiger partial charge is 0.478 e. The average molecular weight is 348 g/mol. The van der Waals surface area contributed by atoms with Crippen LogP contribution >= 0.6 is 11.9 Å². The molecule has 0 bridgehead atoms. The van der Waals surface area contributed by atoms with Gasteiger partial charge in [-0.05, 0) is 61.5 Å². The fraction of sp³-hybridized carbons (Fsp3) is 0.0500. The first-order valence-corrected chi connectivity index (χ1v) is 8.46. The Bertz CT molecular complexity index is 953. The lowest BCUT2D eigenvalue weighted by molar-refractivity contribution is 0.0697. The van der Waals surface area contributed by atoms with Crippen LogP contribution in [0.25, 0.3) is 5.69 Å². The third-order valence-corrected chi connectivity index (χ3v) is 4.22. The smallest absolute Gasteiger partial charge is 0.337 e. The number of aromatic carboxylic acids is 1. The molecule has 0 aliphatic rings. The minimum absolute atomic E-state index is 0.225. The lowest BCUT2D eigenvalue weighted by atomic mass is 10.1. The van der Waals surface area contributed by atoms with Crippen molar-refractivity contribution < 1.29 is 9.90 Å². The molecule has 1 aromatic heterocycles. The quantitative estimate of drug-likeness (QED) is 0.556. The van der Waals surface area contributed by atoms with Crippen molar-refractivity contribution in [1.82, 2.24) is 9.29 Å². The Balaban J connectivity index is 2.06. The van der Waals surface area contributed by atoms with Crippen molar-refractivity contribution in [3.05, 3.63) is 83.7 Å². The van der Waals surface area contributed by atoms with Crippen LogP contribution in [0, 0.1) is 11.8 Å². The summed E-state index contributed by atoms with van der Waals surface area (Å²) < 4.78 is 4.81. The maximum absolute atomic E-state index is 11.6. The third-order valence-electron chi connectivity index (χ3n) is 3.52. The van der Waals surface area contributed by atoms with Crippen molar-refractivity contribution in [2.45, 2.75) is 4.90 Å². The van der Waals surface area contributed by atoms with Gasteiger partial charge in [0.15, 0.2) is 0 Å². The standard InChI is InChI=1S/C20H16N2O2S/c1-21-25-17-8-4-6-15(14-17)10-11-16-7-5-9-18(20(23)24)19(16)22-12-2-3-13-22/h2-9,12-14,21H,1H3,(H,23,24). The van der Waals surface area contributed by atoms with Gasteiger partial charge in [-0.3, -0.25) is 4.72 Å². The summed E-state index contributed by atoms with van der Waals surface area (Å²) in [6, 6.07) is 16.7. The maximum Gasteiger partial charge on any atom is 0.337 e. The molecule has 5 heteroatoms. The highest BCUT2D eigenvalue weighted by Crippen LogP contribution is 2.20. The van der Waals surface area contributed by atoms with Crippen LogP contribution in [0.15, 0.2) is 71.9 Å². The molecule has 3 rings (SSSR count). The second-order valence-electron chi connectivity index (χ2n) is 5.18. The topological polar surface area (TPSA) is 54.3 Å². The number of para-hydroxylation sites is 1. The molecule has 0 radical (unpaired) electrons. The van der Waals surface area contributed by atoms with Gasteiger partial charge < -0.3 is 9.67 Å². The monoisotopic (exact) mass is 348 g/mol. The fourth-order valence-electron chi connectivity index (χ4n) is 2.47. The molecule has 0 saturated heterocycles. The Morgan fingerprint density at radius 1 is 1.08 bits per heavy atom. The Kier molecular flexibility index (Phi) is 5.24. The summed E-state index contributed by atoms with van der Waals surface area (Å²) in [5.41, 5.74) is 2.35. The summed E-state index contributed by atoms with van der Waals surface area (Å²) in [5.74, 6) is 5.28. The van der Waals surface area contributed by atoms with Gasteiger partial charge in [0.25, 0.3) is 0 Å². The highest BCUT2D eigenvalue weighted by Gasteiger charge is 2.14. The fourth-order valence-corrected chi connectivity index (χ4v) is 3.04. The van der Waals surface area contributed by atoms with Crippen molar-refractivity contribution in [1.29, 1.82) is 0 Å². The summed E-state index contributed by atoms with van der Waals surface area (Å²) >= 11 is 1.52. The van der Waals surface area contributed by atoms with Crippen LogP contribution in [0.5, 0.6) is 0 Å². The van der Waals surface area contributed by atoms with Gasteiger partial charge in [-0.2, -0.15) is 0 Å². The van der Waals surface area contributed by atoms with Crippen LogP contribution in [0.2, 0.25) is 0 Å². The molecular formula is C20H16N2O2S. The van der Waals surface area contributed by atoms with Crippen LogP contribution in [0.1, 0.15) is 21.5 Å². The molecule has 0 amide bonds. The number of nitrogens with one attached hydrogen (secondary N) is 1. The van der Waals surface area contributed by atoms with Gasteiger partial charge in [-0.15, -0.1) is 0 Å². The van der Waals surface area contributed by atoms with Crippen LogP contribution < -0.4 is 4.72 Å². The summed E-state index contributed by atoms with van der Waals surface area (Å²) in [4.78, 5) is 12.7. The van der Waals surface area contributed by atoms with Crippen molar-refractivity contribution >= 4 is 17.9 Å². The summed E-state index contributed by atoms with van der Waals surface area (Å²) in [6.45, 7) is 0. The zero-order valence-corrected chi connectivity index (χ0v) is 14.4. The highest BCUT2D eigenvalue weighted by molar-refractivity contribution is 7.97. The van der Waals surface area contributed by atoms with Crippen LogP contribution in [-0.4, -0.2) is 22.7 Å². The molecule has 124 valence electrons. The molecule has 0 unspecified atom stereocenters. The molecular weight excluding hydrogens is 332 g/mol. The molecule has 0 atom stereocenters. The highest BCUT2D eigenvalue weighted by atomic mass is 32.2. The first kappa shape index (κ1) is 16.9.